The number of rotatable bonds is 8. The van der Waals surface area contributed by atoms with Crippen molar-refractivity contribution in [3.8, 4) is 5.75 Å². The van der Waals surface area contributed by atoms with Gasteiger partial charge < -0.3 is 4.74 Å². The highest BCUT2D eigenvalue weighted by molar-refractivity contribution is 9.09. The van der Waals surface area contributed by atoms with E-state index in [-0.39, 0.29) is 0 Å². The second-order valence-electron chi connectivity index (χ2n) is 4.88. The van der Waals surface area contributed by atoms with Crippen LogP contribution in [-0.2, 0) is 12.8 Å². The summed E-state index contributed by atoms with van der Waals surface area (Å²) in [6.45, 7) is 0.797. The van der Waals surface area contributed by atoms with Gasteiger partial charge >= 0.3 is 0 Å². The van der Waals surface area contributed by atoms with Crippen LogP contribution in [0.1, 0.15) is 24.0 Å². The van der Waals surface area contributed by atoms with Crippen LogP contribution in [0, 0.1) is 0 Å². The van der Waals surface area contributed by atoms with Gasteiger partial charge in [0.25, 0.3) is 0 Å². The van der Waals surface area contributed by atoms with Crippen LogP contribution in [0.5, 0.6) is 5.75 Å². The summed E-state index contributed by atoms with van der Waals surface area (Å²) in [7, 11) is 0. The Hall–Kier alpha value is -1.28. The first-order chi connectivity index (χ1) is 9.88. The Bertz CT molecular complexity index is 496. The lowest BCUT2D eigenvalue weighted by atomic mass is 10.0. The Morgan fingerprint density at radius 2 is 1.55 bits per heavy atom. The molecule has 0 amide bonds. The van der Waals surface area contributed by atoms with Crippen LogP contribution in [0.3, 0.4) is 0 Å². The Morgan fingerprint density at radius 3 is 2.30 bits per heavy atom. The van der Waals surface area contributed by atoms with Crippen LogP contribution in [0.15, 0.2) is 54.6 Å². The lowest BCUT2D eigenvalue weighted by Crippen LogP contribution is -1.98. The summed E-state index contributed by atoms with van der Waals surface area (Å²) in [5.74, 6) is 0.965. The third kappa shape index (κ3) is 5.38. The molecule has 0 bridgehead atoms. The van der Waals surface area contributed by atoms with Crippen molar-refractivity contribution in [2.24, 2.45) is 0 Å². The zero-order valence-corrected chi connectivity index (χ0v) is 13.3. The van der Waals surface area contributed by atoms with E-state index < -0.39 is 0 Å². The van der Waals surface area contributed by atoms with Gasteiger partial charge in [0, 0.05) is 5.33 Å². The fourth-order valence-electron chi connectivity index (χ4n) is 2.19. The zero-order valence-electron chi connectivity index (χ0n) is 11.7. The van der Waals surface area contributed by atoms with Gasteiger partial charge in [0.2, 0.25) is 0 Å². The van der Waals surface area contributed by atoms with Gasteiger partial charge in [-0.15, -0.1) is 0 Å². The van der Waals surface area contributed by atoms with Gasteiger partial charge in [-0.05, 0) is 48.9 Å². The Morgan fingerprint density at radius 1 is 0.800 bits per heavy atom. The van der Waals surface area contributed by atoms with Gasteiger partial charge in [-0.25, -0.2) is 0 Å². The van der Waals surface area contributed by atoms with Crippen molar-refractivity contribution in [1.29, 1.82) is 0 Å². The minimum Gasteiger partial charge on any atom is -0.494 e. The summed E-state index contributed by atoms with van der Waals surface area (Å²) in [5, 5.41) is 1.03. The topological polar surface area (TPSA) is 9.23 Å². The molecule has 20 heavy (non-hydrogen) atoms. The van der Waals surface area contributed by atoms with Crippen molar-refractivity contribution in [2.75, 3.05) is 11.9 Å². The molecule has 0 aliphatic rings. The highest BCUT2D eigenvalue weighted by Crippen LogP contribution is 2.12. The van der Waals surface area contributed by atoms with Gasteiger partial charge in [-0.1, -0.05) is 58.4 Å². The minimum atomic E-state index is 0.797. The molecule has 0 aromatic heterocycles. The number of alkyl halides is 1. The second kappa shape index (κ2) is 8.80. The Labute approximate surface area is 130 Å². The number of aryl methyl sites for hydroxylation is 2. The SMILES string of the molecule is BrCCc1cccc(CCCCOc2ccccc2)c1. The number of para-hydroxylation sites is 1. The van der Waals surface area contributed by atoms with Crippen molar-refractivity contribution < 1.29 is 4.74 Å². The van der Waals surface area contributed by atoms with Crippen molar-refractivity contribution >= 4 is 15.9 Å². The van der Waals surface area contributed by atoms with E-state index >= 15 is 0 Å². The van der Waals surface area contributed by atoms with Crippen LogP contribution in [-0.4, -0.2) is 11.9 Å². The molecule has 0 unspecified atom stereocenters. The van der Waals surface area contributed by atoms with Crippen LogP contribution in [0.4, 0.5) is 0 Å². The van der Waals surface area contributed by atoms with E-state index in [4.69, 9.17) is 4.74 Å². The van der Waals surface area contributed by atoms with Crippen LogP contribution < -0.4 is 4.74 Å². The maximum absolute atomic E-state index is 5.70. The molecule has 0 saturated heterocycles. The van der Waals surface area contributed by atoms with Gasteiger partial charge in [-0.2, -0.15) is 0 Å². The van der Waals surface area contributed by atoms with Gasteiger partial charge in [0.05, 0.1) is 6.61 Å². The minimum absolute atomic E-state index is 0.797. The van der Waals surface area contributed by atoms with Gasteiger partial charge in [-0.3, -0.25) is 0 Å². The number of benzene rings is 2. The summed E-state index contributed by atoms with van der Waals surface area (Å²) in [6.07, 6.45) is 4.50. The first kappa shape index (κ1) is 15.1. The molecular weight excluding hydrogens is 312 g/mol. The van der Waals surface area contributed by atoms with Crippen LogP contribution in [0.25, 0.3) is 0 Å². The lowest BCUT2D eigenvalue weighted by Gasteiger charge is -2.07. The average molecular weight is 333 g/mol. The molecule has 0 saturated carbocycles. The number of hydrogen-bond donors (Lipinski definition) is 0. The van der Waals surface area contributed by atoms with Crippen molar-refractivity contribution in [3.05, 3.63) is 65.7 Å². The van der Waals surface area contributed by atoms with Crippen molar-refractivity contribution in [1.82, 2.24) is 0 Å². The monoisotopic (exact) mass is 332 g/mol. The molecule has 1 nitrogen and oxygen atoms in total. The predicted molar refractivity (Wildman–Crippen MR) is 88.8 cm³/mol. The molecular formula is C18H21BrO. The molecule has 2 aromatic rings. The molecule has 0 heterocycles. The molecule has 0 N–H and O–H groups in total. The van der Waals surface area contributed by atoms with E-state index in [1.807, 2.05) is 30.3 Å². The second-order valence-corrected chi connectivity index (χ2v) is 5.67. The molecule has 106 valence electrons. The Balaban J connectivity index is 1.67. The highest BCUT2D eigenvalue weighted by atomic mass is 79.9. The van der Waals surface area contributed by atoms with Gasteiger partial charge in [0.1, 0.15) is 5.75 Å². The fourth-order valence-corrected chi connectivity index (χ4v) is 2.65. The Kier molecular flexibility index (Phi) is 6.65. The molecule has 0 spiro atoms. The maximum atomic E-state index is 5.70. The molecule has 0 aliphatic heterocycles. The third-order valence-corrected chi connectivity index (χ3v) is 3.64. The standard InChI is InChI=1S/C18H21BrO/c19-13-12-17-9-6-8-16(15-17)7-4-5-14-20-18-10-2-1-3-11-18/h1-3,6,8-11,15H,4-5,7,12-14H2. The molecule has 0 fully saturated rings. The summed E-state index contributed by atoms with van der Waals surface area (Å²) in [5.41, 5.74) is 2.85. The van der Waals surface area contributed by atoms with Crippen molar-refractivity contribution in [2.45, 2.75) is 25.7 Å². The number of halogens is 1. The lowest BCUT2D eigenvalue weighted by molar-refractivity contribution is 0.307. The smallest absolute Gasteiger partial charge is 0.119 e. The van der Waals surface area contributed by atoms with Gasteiger partial charge in [0.15, 0.2) is 0 Å². The first-order valence-corrected chi connectivity index (χ1v) is 8.32. The van der Waals surface area contributed by atoms with Crippen LogP contribution >= 0.6 is 15.9 Å². The number of ether oxygens (including phenoxy) is 1. The fraction of sp³-hybridized carbons (Fsp3) is 0.333. The van der Waals surface area contributed by atoms with E-state index in [0.29, 0.717) is 0 Å². The molecule has 2 rings (SSSR count). The molecule has 0 atom stereocenters. The molecule has 0 radical (unpaired) electrons. The van der Waals surface area contributed by atoms with E-state index in [9.17, 15) is 0 Å². The average Bonchev–Trinajstić information content (AvgIpc) is 2.49. The maximum Gasteiger partial charge on any atom is 0.119 e. The summed E-state index contributed by atoms with van der Waals surface area (Å²) >= 11 is 3.49. The third-order valence-electron chi connectivity index (χ3n) is 3.25. The summed E-state index contributed by atoms with van der Waals surface area (Å²) in [6, 6.07) is 18.9. The summed E-state index contributed by atoms with van der Waals surface area (Å²) < 4.78 is 5.70. The normalized spacial score (nSPS) is 10.4. The molecule has 2 heteroatoms. The number of unbranched alkanes of at least 4 members (excludes halogenated alkanes) is 1. The van der Waals surface area contributed by atoms with E-state index in [1.165, 1.54) is 17.5 Å². The predicted octanol–water partition coefficient (Wildman–Crippen LogP) is 5.03. The van der Waals surface area contributed by atoms with Crippen molar-refractivity contribution in [3.63, 3.8) is 0 Å². The first-order valence-electron chi connectivity index (χ1n) is 7.20. The van der Waals surface area contributed by atoms with Crippen LogP contribution in [0.2, 0.25) is 0 Å². The molecule has 0 aliphatic carbocycles. The summed E-state index contributed by atoms with van der Waals surface area (Å²) in [4.78, 5) is 0. The largest absolute Gasteiger partial charge is 0.494 e. The van der Waals surface area contributed by atoms with E-state index in [1.54, 1.807) is 0 Å². The van der Waals surface area contributed by atoms with E-state index in [0.717, 1.165) is 36.9 Å². The van der Waals surface area contributed by atoms with E-state index in [2.05, 4.69) is 40.2 Å². The number of hydrogen-bond acceptors (Lipinski definition) is 1. The quantitative estimate of drug-likeness (QED) is 0.486. The highest BCUT2D eigenvalue weighted by Gasteiger charge is 1.97. The zero-order chi connectivity index (χ0) is 14.0. The molecule has 2 aromatic carbocycles.